The molecule has 0 atom stereocenters. The van der Waals surface area contributed by atoms with E-state index in [-0.39, 0.29) is 0 Å². The summed E-state index contributed by atoms with van der Waals surface area (Å²) in [5.41, 5.74) is 2.21. The molecule has 0 unspecified atom stereocenters. The molecule has 1 aromatic carbocycles. The van der Waals surface area contributed by atoms with Gasteiger partial charge in [-0.15, -0.1) is 6.58 Å². The quantitative estimate of drug-likeness (QED) is 0.530. The van der Waals surface area contributed by atoms with Crippen molar-refractivity contribution in [2.45, 2.75) is 47.0 Å². The summed E-state index contributed by atoms with van der Waals surface area (Å²) < 4.78 is 0. The molecule has 102 valence electrons. The Morgan fingerprint density at radius 3 is 1.72 bits per heavy atom. The minimum Gasteiger partial charge on any atom is -0.103 e. The van der Waals surface area contributed by atoms with Crippen LogP contribution in [0.3, 0.4) is 0 Å². The van der Waals surface area contributed by atoms with Crippen LogP contribution in [0, 0.1) is 0 Å². The maximum Gasteiger partial charge on any atom is 0.0406 e. The first-order valence-electron chi connectivity index (χ1n) is 6.55. The van der Waals surface area contributed by atoms with Gasteiger partial charge in [0.1, 0.15) is 0 Å². The van der Waals surface area contributed by atoms with Crippen molar-refractivity contribution in [2.24, 2.45) is 0 Å². The number of allylic oxidation sites excluding steroid dienone is 2. The molecule has 0 nitrogen and oxygen atoms in total. The van der Waals surface area contributed by atoms with E-state index in [0.29, 0.717) is 0 Å². The van der Waals surface area contributed by atoms with Crippen molar-refractivity contribution in [1.82, 2.24) is 0 Å². The van der Waals surface area contributed by atoms with Gasteiger partial charge in [-0.1, -0.05) is 75.6 Å². The van der Waals surface area contributed by atoms with E-state index < -0.39 is 0 Å². The molecule has 0 bridgehead atoms. The van der Waals surface area contributed by atoms with Crippen LogP contribution in [0.15, 0.2) is 43.5 Å². The first-order valence-corrected chi connectivity index (χ1v) is 6.93. The molecule has 0 aliphatic heterocycles. The van der Waals surface area contributed by atoms with Gasteiger partial charge in [0.25, 0.3) is 0 Å². The van der Waals surface area contributed by atoms with Crippen molar-refractivity contribution in [3.63, 3.8) is 0 Å². The standard InChI is InChI=1S/C9H9Cl.C4H10.C4H8/c1-7(2)8-3-5-9(10)6-4-8;2*1-3-4-2/h3-6H,1H2,2H3;3-4H2,1-2H3;3H,1,4H2,2H3. The maximum atomic E-state index is 5.69. The third-order valence-electron chi connectivity index (χ3n) is 2.13. The Labute approximate surface area is 118 Å². The fraction of sp³-hybridized carbons (Fsp3) is 0.412. The SMILES string of the molecule is C=C(C)c1ccc(Cl)cc1.C=CCC.CCCC. The molecular formula is C17H27Cl. The predicted molar refractivity (Wildman–Crippen MR) is 87.2 cm³/mol. The van der Waals surface area contributed by atoms with Gasteiger partial charge in [-0.2, -0.15) is 0 Å². The number of hydrogen-bond donors (Lipinski definition) is 0. The van der Waals surface area contributed by atoms with Gasteiger partial charge >= 0.3 is 0 Å². The molecule has 0 saturated heterocycles. The Bertz CT molecular complexity index is 307. The molecule has 0 aliphatic rings. The van der Waals surface area contributed by atoms with Crippen LogP contribution in [0.25, 0.3) is 5.57 Å². The minimum atomic E-state index is 0.769. The van der Waals surface area contributed by atoms with E-state index in [4.69, 9.17) is 11.6 Å². The molecule has 1 heteroatoms. The highest BCUT2D eigenvalue weighted by Gasteiger charge is 1.90. The van der Waals surface area contributed by atoms with Crippen molar-refractivity contribution in [2.75, 3.05) is 0 Å². The zero-order valence-electron chi connectivity index (χ0n) is 12.3. The number of benzene rings is 1. The lowest BCUT2D eigenvalue weighted by Crippen LogP contribution is -1.74. The highest BCUT2D eigenvalue weighted by atomic mass is 35.5. The first kappa shape index (κ1) is 19.3. The summed E-state index contributed by atoms with van der Waals surface area (Å²) >= 11 is 5.69. The van der Waals surface area contributed by atoms with E-state index in [1.165, 1.54) is 12.8 Å². The largest absolute Gasteiger partial charge is 0.103 e. The second-order valence-electron chi connectivity index (χ2n) is 3.98. The van der Waals surface area contributed by atoms with Crippen molar-refractivity contribution in [3.8, 4) is 0 Å². The van der Waals surface area contributed by atoms with Gasteiger partial charge in [0.05, 0.1) is 0 Å². The third-order valence-corrected chi connectivity index (χ3v) is 2.38. The molecule has 18 heavy (non-hydrogen) atoms. The summed E-state index contributed by atoms with van der Waals surface area (Å²) in [7, 11) is 0. The van der Waals surface area contributed by atoms with E-state index in [0.717, 1.165) is 22.6 Å². The van der Waals surface area contributed by atoms with Gasteiger partial charge in [-0.25, -0.2) is 0 Å². The van der Waals surface area contributed by atoms with Gasteiger partial charge in [0.15, 0.2) is 0 Å². The molecule has 0 aliphatic carbocycles. The fourth-order valence-electron chi connectivity index (χ4n) is 0.734. The molecule has 0 spiro atoms. The summed E-state index contributed by atoms with van der Waals surface area (Å²) in [6.07, 6.45) is 5.60. The lowest BCUT2D eigenvalue weighted by Gasteiger charge is -1.97. The Hall–Kier alpha value is -1.01. The maximum absolute atomic E-state index is 5.69. The molecule has 0 heterocycles. The average molecular weight is 267 g/mol. The van der Waals surface area contributed by atoms with Crippen LogP contribution in [0.1, 0.15) is 52.5 Å². The zero-order chi connectivity index (χ0) is 14.4. The highest BCUT2D eigenvalue weighted by molar-refractivity contribution is 6.30. The van der Waals surface area contributed by atoms with E-state index in [1.54, 1.807) is 0 Å². The minimum absolute atomic E-state index is 0.769. The summed E-state index contributed by atoms with van der Waals surface area (Å²) in [6, 6.07) is 7.66. The fourth-order valence-corrected chi connectivity index (χ4v) is 0.860. The van der Waals surface area contributed by atoms with E-state index in [1.807, 2.05) is 37.3 Å². The lowest BCUT2D eigenvalue weighted by atomic mass is 10.1. The van der Waals surface area contributed by atoms with E-state index in [2.05, 4.69) is 33.9 Å². The third kappa shape index (κ3) is 13.1. The molecule has 0 fully saturated rings. The predicted octanol–water partition coefficient (Wildman–Crippen LogP) is 6.76. The van der Waals surface area contributed by atoms with E-state index >= 15 is 0 Å². The second kappa shape index (κ2) is 14.1. The van der Waals surface area contributed by atoms with Gasteiger partial charge in [-0.05, 0) is 31.0 Å². The average Bonchev–Trinajstić information content (AvgIpc) is 2.40. The van der Waals surface area contributed by atoms with Gasteiger partial charge in [0, 0.05) is 5.02 Å². The molecule has 1 rings (SSSR count). The van der Waals surface area contributed by atoms with Crippen molar-refractivity contribution in [1.29, 1.82) is 0 Å². The summed E-state index contributed by atoms with van der Waals surface area (Å²) in [4.78, 5) is 0. The van der Waals surface area contributed by atoms with Crippen LogP contribution in [0.5, 0.6) is 0 Å². The van der Waals surface area contributed by atoms with Crippen LogP contribution < -0.4 is 0 Å². The summed E-state index contributed by atoms with van der Waals surface area (Å²) in [5.74, 6) is 0. The van der Waals surface area contributed by atoms with Crippen LogP contribution in [-0.2, 0) is 0 Å². The zero-order valence-corrected chi connectivity index (χ0v) is 13.1. The normalized spacial score (nSPS) is 8.28. The summed E-state index contributed by atoms with van der Waals surface area (Å²) in [5, 5.41) is 0.769. The number of hydrogen-bond acceptors (Lipinski definition) is 0. The molecule has 0 saturated carbocycles. The Morgan fingerprint density at radius 2 is 1.50 bits per heavy atom. The first-order chi connectivity index (χ1) is 8.53. The Kier molecular flexibility index (Phi) is 15.1. The Balaban J connectivity index is 0. The van der Waals surface area contributed by atoms with Gasteiger partial charge < -0.3 is 0 Å². The van der Waals surface area contributed by atoms with Crippen LogP contribution in [0.4, 0.5) is 0 Å². The number of halogens is 1. The van der Waals surface area contributed by atoms with Crippen molar-refractivity contribution in [3.05, 3.63) is 54.1 Å². The number of unbranched alkanes of at least 4 members (excludes halogenated alkanes) is 1. The Morgan fingerprint density at radius 1 is 1.11 bits per heavy atom. The van der Waals surface area contributed by atoms with E-state index in [9.17, 15) is 0 Å². The monoisotopic (exact) mass is 266 g/mol. The molecule has 0 amide bonds. The van der Waals surface area contributed by atoms with Crippen molar-refractivity contribution >= 4 is 17.2 Å². The molecule has 0 N–H and O–H groups in total. The molecule has 1 aromatic rings. The number of rotatable bonds is 3. The van der Waals surface area contributed by atoms with Gasteiger partial charge in [0.2, 0.25) is 0 Å². The van der Waals surface area contributed by atoms with Crippen LogP contribution >= 0.6 is 11.6 Å². The van der Waals surface area contributed by atoms with Crippen LogP contribution in [-0.4, -0.2) is 0 Å². The van der Waals surface area contributed by atoms with Gasteiger partial charge in [-0.3, -0.25) is 0 Å². The lowest BCUT2D eigenvalue weighted by molar-refractivity contribution is 0.886. The summed E-state index contributed by atoms with van der Waals surface area (Å²) in [6.45, 7) is 15.7. The molecule has 0 radical (unpaired) electrons. The molecule has 0 aromatic heterocycles. The second-order valence-corrected chi connectivity index (χ2v) is 4.42. The van der Waals surface area contributed by atoms with Crippen LogP contribution in [0.2, 0.25) is 5.02 Å². The smallest absolute Gasteiger partial charge is 0.0406 e. The molecular weight excluding hydrogens is 240 g/mol. The van der Waals surface area contributed by atoms with Crippen molar-refractivity contribution < 1.29 is 0 Å². The topological polar surface area (TPSA) is 0 Å². The highest BCUT2D eigenvalue weighted by Crippen LogP contribution is 2.14.